The van der Waals surface area contributed by atoms with Gasteiger partial charge < -0.3 is 11.1 Å². The van der Waals surface area contributed by atoms with Crippen molar-refractivity contribution >= 4 is 17.3 Å². The number of unbranched alkanes of at least 4 members (excludes halogenated alkanes) is 1. The fraction of sp³-hybridized carbons (Fsp3) is 0.417. The molecule has 0 aliphatic heterocycles. The summed E-state index contributed by atoms with van der Waals surface area (Å²) in [7, 11) is 0. The number of nitro benzene ring substituents is 1. The first kappa shape index (κ1) is 16.0. The first-order valence-corrected chi connectivity index (χ1v) is 6.06. The Morgan fingerprint density at radius 1 is 1.50 bits per heavy atom. The predicted molar refractivity (Wildman–Crippen MR) is 69.1 cm³/mol. The Morgan fingerprint density at radius 2 is 2.15 bits per heavy atom. The average Bonchev–Trinajstić information content (AvgIpc) is 2.38. The van der Waals surface area contributed by atoms with Gasteiger partial charge in [0.2, 0.25) is 5.91 Å². The van der Waals surface area contributed by atoms with Crippen LogP contribution >= 0.6 is 0 Å². The number of hydrogen-bond acceptors (Lipinski definition) is 4. The highest BCUT2D eigenvalue weighted by atomic mass is 19.1. The van der Waals surface area contributed by atoms with E-state index in [1.807, 2.05) is 12.2 Å². The second-order valence-electron chi connectivity index (χ2n) is 4.28. The minimum atomic E-state index is -1.22. The highest BCUT2D eigenvalue weighted by molar-refractivity contribution is 5.96. The molecule has 0 radical (unpaired) electrons. The summed E-state index contributed by atoms with van der Waals surface area (Å²) in [4.78, 5) is 21.5. The number of benzene rings is 1. The molecule has 0 heterocycles. The van der Waals surface area contributed by atoms with E-state index in [1.165, 1.54) is 0 Å². The smallest absolute Gasteiger partial charge is 0.298 e. The zero-order chi connectivity index (χ0) is 15.3. The van der Waals surface area contributed by atoms with E-state index in [0.717, 1.165) is 6.42 Å². The lowest BCUT2D eigenvalue weighted by molar-refractivity contribution is -0.384. The Balaban J connectivity index is 2.97. The van der Waals surface area contributed by atoms with Crippen LogP contribution in [-0.4, -0.2) is 16.9 Å². The average molecular weight is 287 g/mol. The van der Waals surface area contributed by atoms with E-state index in [4.69, 9.17) is 5.73 Å². The van der Waals surface area contributed by atoms with Crippen LogP contribution in [0.5, 0.6) is 0 Å². The summed E-state index contributed by atoms with van der Waals surface area (Å²) in [5, 5.41) is 12.8. The van der Waals surface area contributed by atoms with Gasteiger partial charge in [-0.25, -0.2) is 8.78 Å². The minimum absolute atomic E-state index is 0.374. The minimum Gasteiger partial charge on any atom is -0.320 e. The van der Waals surface area contributed by atoms with Crippen LogP contribution < -0.4 is 11.1 Å². The summed E-state index contributed by atoms with van der Waals surface area (Å²) in [6.07, 6.45) is 1.90. The number of anilines is 1. The molecule has 1 aromatic carbocycles. The second kappa shape index (κ2) is 6.90. The molecule has 0 aliphatic rings. The van der Waals surface area contributed by atoms with Crippen LogP contribution in [0.1, 0.15) is 26.2 Å². The third-order valence-corrected chi connectivity index (χ3v) is 2.68. The van der Waals surface area contributed by atoms with E-state index in [0.29, 0.717) is 25.0 Å². The summed E-state index contributed by atoms with van der Waals surface area (Å²) in [6.45, 7) is 1.91. The van der Waals surface area contributed by atoms with Crippen molar-refractivity contribution in [3.8, 4) is 0 Å². The highest BCUT2D eigenvalue weighted by Gasteiger charge is 2.24. The lowest BCUT2D eigenvalue weighted by Gasteiger charge is -2.12. The lowest BCUT2D eigenvalue weighted by atomic mass is 10.1. The van der Waals surface area contributed by atoms with Crippen molar-refractivity contribution in [2.24, 2.45) is 5.73 Å². The monoisotopic (exact) mass is 287 g/mol. The van der Waals surface area contributed by atoms with E-state index >= 15 is 0 Å². The van der Waals surface area contributed by atoms with E-state index in [2.05, 4.69) is 0 Å². The molecule has 3 N–H and O–H groups in total. The van der Waals surface area contributed by atoms with Gasteiger partial charge in [-0.2, -0.15) is 0 Å². The van der Waals surface area contributed by atoms with Crippen molar-refractivity contribution in [1.82, 2.24) is 0 Å². The molecule has 0 aliphatic carbocycles. The van der Waals surface area contributed by atoms with Gasteiger partial charge in [0, 0.05) is 6.07 Å². The summed E-state index contributed by atoms with van der Waals surface area (Å²) < 4.78 is 26.5. The third-order valence-electron chi connectivity index (χ3n) is 2.68. The number of nitrogens with zero attached hydrogens (tertiary/aromatic N) is 1. The van der Waals surface area contributed by atoms with E-state index in [-0.39, 0.29) is 0 Å². The molecule has 0 saturated carbocycles. The van der Waals surface area contributed by atoms with Crippen LogP contribution in [-0.2, 0) is 4.79 Å². The molecular formula is C12H15F2N3O3. The molecule has 6 nitrogen and oxygen atoms in total. The van der Waals surface area contributed by atoms with Gasteiger partial charge in [0.05, 0.1) is 17.0 Å². The Hall–Kier alpha value is -2.09. The van der Waals surface area contributed by atoms with Crippen LogP contribution in [0.3, 0.4) is 0 Å². The molecule has 0 fully saturated rings. The summed E-state index contributed by atoms with van der Waals surface area (Å²) in [5.41, 5.74) is 4.06. The van der Waals surface area contributed by atoms with Gasteiger partial charge in [-0.3, -0.25) is 14.9 Å². The number of amides is 1. The highest BCUT2D eigenvalue weighted by Crippen LogP contribution is 2.28. The summed E-state index contributed by atoms with van der Waals surface area (Å²) >= 11 is 0. The number of nitrogens with one attached hydrogen (secondary N) is 1. The number of carbonyl (C=O) groups is 1. The largest absolute Gasteiger partial charge is 0.320 e. The molecule has 20 heavy (non-hydrogen) atoms. The van der Waals surface area contributed by atoms with Crippen molar-refractivity contribution in [3.05, 3.63) is 33.9 Å². The standard InChI is InChI=1S/C12H15F2N3O3/c1-2-3-4-9(15)12(18)16-11-8(14)5-7(13)6-10(11)17(19)20/h5-6,9H,2-4,15H2,1H3,(H,16,18)/t9-/m0/s1. The van der Waals surface area contributed by atoms with E-state index in [1.54, 1.807) is 0 Å². The molecule has 0 spiro atoms. The first-order valence-electron chi connectivity index (χ1n) is 6.06. The second-order valence-corrected chi connectivity index (χ2v) is 4.28. The molecule has 8 heteroatoms. The van der Waals surface area contributed by atoms with Gasteiger partial charge in [-0.05, 0) is 6.42 Å². The molecule has 0 bridgehead atoms. The molecular weight excluding hydrogens is 272 g/mol. The van der Waals surface area contributed by atoms with Gasteiger partial charge in [-0.15, -0.1) is 0 Å². The van der Waals surface area contributed by atoms with Crippen LogP contribution in [0.15, 0.2) is 12.1 Å². The van der Waals surface area contributed by atoms with Crippen LogP contribution in [0, 0.1) is 21.7 Å². The topological polar surface area (TPSA) is 98.3 Å². The maximum atomic E-state index is 13.5. The fourth-order valence-electron chi connectivity index (χ4n) is 1.60. The number of halogens is 2. The fourth-order valence-corrected chi connectivity index (χ4v) is 1.60. The van der Waals surface area contributed by atoms with Crippen molar-refractivity contribution in [3.63, 3.8) is 0 Å². The number of carbonyl (C=O) groups excluding carboxylic acids is 1. The number of nitro groups is 1. The van der Waals surface area contributed by atoms with Crippen molar-refractivity contribution < 1.29 is 18.5 Å². The molecule has 0 unspecified atom stereocenters. The maximum Gasteiger partial charge on any atom is 0.298 e. The van der Waals surface area contributed by atoms with E-state index < -0.39 is 39.9 Å². The Kier molecular flexibility index (Phi) is 5.51. The molecule has 1 amide bonds. The molecule has 0 aromatic heterocycles. The zero-order valence-electron chi connectivity index (χ0n) is 10.9. The number of hydrogen-bond donors (Lipinski definition) is 2. The molecule has 110 valence electrons. The third kappa shape index (κ3) is 3.95. The van der Waals surface area contributed by atoms with Crippen LogP contribution in [0.4, 0.5) is 20.2 Å². The molecule has 1 rings (SSSR count). The Labute approximate surface area is 114 Å². The molecule has 1 aromatic rings. The molecule has 0 saturated heterocycles. The Morgan fingerprint density at radius 3 is 2.70 bits per heavy atom. The summed E-state index contributed by atoms with van der Waals surface area (Å²) in [6, 6.07) is 0.0928. The van der Waals surface area contributed by atoms with Crippen molar-refractivity contribution in [1.29, 1.82) is 0 Å². The number of nitrogens with two attached hydrogens (primary N) is 1. The van der Waals surface area contributed by atoms with Gasteiger partial charge >= 0.3 is 0 Å². The van der Waals surface area contributed by atoms with E-state index in [9.17, 15) is 23.7 Å². The van der Waals surface area contributed by atoms with Crippen molar-refractivity contribution in [2.45, 2.75) is 32.2 Å². The number of rotatable bonds is 6. The van der Waals surface area contributed by atoms with Gasteiger partial charge in [0.15, 0.2) is 11.5 Å². The zero-order valence-corrected chi connectivity index (χ0v) is 10.9. The SMILES string of the molecule is CCCC[C@H](N)C(=O)Nc1c(F)cc(F)cc1[N+](=O)[O-]. The Bertz CT molecular complexity index is 523. The maximum absolute atomic E-state index is 13.5. The predicted octanol–water partition coefficient (Wildman–Crippen LogP) is 2.33. The lowest BCUT2D eigenvalue weighted by Crippen LogP contribution is -2.35. The van der Waals surface area contributed by atoms with Crippen LogP contribution in [0.25, 0.3) is 0 Å². The summed E-state index contributed by atoms with van der Waals surface area (Å²) in [5.74, 6) is -3.05. The normalized spacial score (nSPS) is 12.0. The van der Waals surface area contributed by atoms with Crippen LogP contribution in [0.2, 0.25) is 0 Å². The molecule has 1 atom stereocenters. The quantitative estimate of drug-likeness (QED) is 0.619. The van der Waals surface area contributed by atoms with Gasteiger partial charge in [-0.1, -0.05) is 19.8 Å². The first-order chi connectivity index (χ1) is 9.36. The van der Waals surface area contributed by atoms with Gasteiger partial charge in [0.25, 0.3) is 5.69 Å². The van der Waals surface area contributed by atoms with Gasteiger partial charge in [0.1, 0.15) is 5.82 Å². The van der Waals surface area contributed by atoms with Crippen molar-refractivity contribution in [2.75, 3.05) is 5.32 Å².